The first-order valence-corrected chi connectivity index (χ1v) is 12.1. The fourth-order valence-corrected chi connectivity index (χ4v) is 4.08. The van der Waals surface area contributed by atoms with Crippen molar-refractivity contribution in [3.63, 3.8) is 0 Å². The molecular formula is C28H23ClN4O6. The number of rotatable bonds is 9. The molecule has 198 valence electrons. The Hall–Kier alpha value is -4.96. The van der Waals surface area contributed by atoms with Gasteiger partial charge in [-0.15, -0.1) is 0 Å². The van der Waals surface area contributed by atoms with Gasteiger partial charge in [0.05, 0.1) is 21.7 Å². The van der Waals surface area contributed by atoms with Gasteiger partial charge in [-0.2, -0.15) is 0 Å². The summed E-state index contributed by atoms with van der Waals surface area (Å²) in [7, 11) is 0. The number of hydrogen-bond acceptors (Lipinski definition) is 6. The second-order valence-corrected chi connectivity index (χ2v) is 8.90. The number of phenols is 1. The van der Waals surface area contributed by atoms with Crippen LogP contribution < -0.4 is 16.0 Å². The number of aromatic nitrogens is 1. The molecule has 1 atom stereocenters. The smallest absolute Gasteiger partial charge is 0.328 e. The molecule has 3 aromatic carbocycles. The second-order valence-electron chi connectivity index (χ2n) is 8.50. The van der Waals surface area contributed by atoms with E-state index in [2.05, 4.69) is 20.9 Å². The van der Waals surface area contributed by atoms with Crippen molar-refractivity contribution in [2.45, 2.75) is 12.6 Å². The van der Waals surface area contributed by atoms with Gasteiger partial charge in [-0.3, -0.25) is 19.4 Å². The summed E-state index contributed by atoms with van der Waals surface area (Å²) in [6, 6.07) is 17.5. The van der Waals surface area contributed by atoms with Gasteiger partial charge in [0.15, 0.2) is 0 Å². The number of amides is 3. The maximum atomic E-state index is 12.8. The van der Waals surface area contributed by atoms with E-state index in [-0.39, 0.29) is 35.0 Å². The number of benzene rings is 3. The highest BCUT2D eigenvalue weighted by molar-refractivity contribution is 6.34. The standard InChI is InChI=1S/C28H23ClN4O6/c29-22-13-17(25(35)31-14-16-4-3-5-18(34)12-16)8-9-21(22)27(37)33-24(28(38)39)15-32-26(36)20-10-11-30-23-7-2-1-6-19(20)23/h1-13,24,34H,14-15H2,(H,31,35)(H,32,36)(H,33,37)(H,38,39)/t24-/m0/s1. The van der Waals surface area contributed by atoms with Crippen molar-refractivity contribution < 1.29 is 29.4 Å². The van der Waals surface area contributed by atoms with Crippen molar-refractivity contribution in [3.8, 4) is 5.75 Å². The highest BCUT2D eigenvalue weighted by Crippen LogP contribution is 2.19. The zero-order chi connectivity index (χ0) is 27.9. The van der Waals surface area contributed by atoms with Crippen LogP contribution in [0.2, 0.25) is 5.02 Å². The molecular weight excluding hydrogens is 524 g/mol. The first-order valence-electron chi connectivity index (χ1n) is 11.7. The zero-order valence-electron chi connectivity index (χ0n) is 20.3. The number of aliphatic carboxylic acids is 1. The number of para-hydroxylation sites is 1. The lowest BCUT2D eigenvalue weighted by Gasteiger charge is -2.16. The summed E-state index contributed by atoms with van der Waals surface area (Å²) >= 11 is 6.24. The normalized spacial score (nSPS) is 11.4. The first kappa shape index (κ1) is 27.1. The highest BCUT2D eigenvalue weighted by atomic mass is 35.5. The summed E-state index contributed by atoms with van der Waals surface area (Å²) in [5.74, 6) is -3.05. The fraction of sp³-hybridized carbons (Fsp3) is 0.107. The molecule has 3 amide bonds. The summed E-state index contributed by atoms with van der Waals surface area (Å²) < 4.78 is 0. The lowest BCUT2D eigenvalue weighted by atomic mass is 10.1. The number of carboxylic acid groups (broad SMARTS) is 1. The minimum absolute atomic E-state index is 0.0427. The number of carbonyl (C=O) groups excluding carboxylic acids is 3. The number of carboxylic acids is 1. The molecule has 0 saturated carbocycles. The average molecular weight is 547 g/mol. The maximum Gasteiger partial charge on any atom is 0.328 e. The Morgan fingerprint density at radius 3 is 2.38 bits per heavy atom. The number of phenolic OH excluding ortho intramolecular Hbond substituents is 1. The van der Waals surface area contributed by atoms with Gasteiger partial charge in [0, 0.05) is 30.2 Å². The number of carbonyl (C=O) groups is 4. The minimum atomic E-state index is -1.45. The van der Waals surface area contributed by atoms with Crippen LogP contribution in [0.1, 0.15) is 36.6 Å². The van der Waals surface area contributed by atoms with Gasteiger partial charge in [0.1, 0.15) is 11.8 Å². The van der Waals surface area contributed by atoms with Crippen LogP contribution in [0, 0.1) is 0 Å². The van der Waals surface area contributed by atoms with Gasteiger partial charge < -0.3 is 26.2 Å². The summed E-state index contributed by atoms with van der Waals surface area (Å²) in [4.78, 5) is 54.0. The molecule has 0 unspecified atom stereocenters. The molecule has 0 aliphatic heterocycles. The maximum absolute atomic E-state index is 12.8. The molecule has 0 aliphatic rings. The van der Waals surface area contributed by atoms with E-state index >= 15 is 0 Å². The van der Waals surface area contributed by atoms with E-state index in [0.29, 0.717) is 22.0 Å². The Balaban J connectivity index is 1.38. The molecule has 4 rings (SSSR count). The Bertz CT molecular complexity index is 1570. The molecule has 0 fully saturated rings. The Morgan fingerprint density at radius 1 is 0.846 bits per heavy atom. The van der Waals surface area contributed by atoms with Crippen molar-refractivity contribution in [1.29, 1.82) is 0 Å². The topological polar surface area (TPSA) is 158 Å². The molecule has 0 spiro atoms. The van der Waals surface area contributed by atoms with E-state index in [0.717, 1.165) is 0 Å². The van der Waals surface area contributed by atoms with Gasteiger partial charge in [0.25, 0.3) is 17.7 Å². The number of aromatic hydroxyl groups is 1. The first-order chi connectivity index (χ1) is 18.7. The Labute approximate surface area is 227 Å². The number of nitrogens with one attached hydrogen (secondary N) is 3. The average Bonchev–Trinajstić information content (AvgIpc) is 2.93. The van der Waals surface area contributed by atoms with Crippen LogP contribution >= 0.6 is 11.6 Å². The van der Waals surface area contributed by atoms with Crippen LogP contribution in [0.4, 0.5) is 0 Å². The monoisotopic (exact) mass is 546 g/mol. The largest absolute Gasteiger partial charge is 0.508 e. The molecule has 39 heavy (non-hydrogen) atoms. The van der Waals surface area contributed by atoms with Gasteiger partial charge in [-0.25, -0.2) is 4.79 Å². The predicted octanol–water partition coefficient (Wildman–Crippen LogP) is 3.14. The highest BCUT2D eigenvalue weighted by Gasteiger charge is 2.24. The summed E-state index contributed by atoms with van der Waals surface area (Å²) in [6.07, 6.45) is 1.48. The summed E-state index contributed by atoms with van der Waals surface area (Å²) in [5.41, 5.74) is 1.76. The zero-order valence-corrected chi connectivity index (χ0v) is 21.1. The molecule has 0 aliphatic carbocycles. The quantitative estimate of drug-likeness (QED) is 0.216. The van der Waals surface area contributed by atoms with Crippen molar-refractivity contribution in [1.82, 2.24) is 20.9 Å². The fourth-order valence-electron chi connectivity index (χ4n) is 3.81. The third-order valence-corrected chi connectivity index (χ3v) is 6.12. The van der Waals surface area contributed by atoms with Crippen LogP contribution in [0.5, 0.6) is 5.75 Å². The van der Waals surface area contributed by atoms with Crippen molar-refractivity contribution >= 4 is 46.2 Å². The van der Waals surface area contributed by atoms with Gasteiger partial charge in [0.2, 0.25) is 0 Å². The molecule has 4 aromatic rings. The summed E-state index contributed by atoms with van der Waals surface area (Å²) in [6.45, 7) is -0.224. The number of fused-ring (bicyclic) bond motifs is 1. The molecule has 0 bridgehead atoms. The Morgan fingerprint density at radius 2 is 1.64 bits per heavy atom. The van der Waals surface area contributed by atoms with E-state index in [1.807, 2.05) is 0 Å². The van der Waals surface area contributed by atoms with E-state index in [9.17, 15) is 29.4 Å². The lowest BCUT2D eigenvalue weighted by Crippen LogP contribution is -2.48. The molecule has 1 heterocycles. The van der Waals surface area contributed by atoms with E-state index in [4.69, 9.17) is 11.6 Å². The van der Waals surface area contributed by atoms with Crippen LogP contribution in [0.3, 0.4) is 0 Å². The van der Waals surface area contributed by atoms with Gasteiger partial charge in [-0.05, 0) is 48.0 Å². The minimum Gasteiger partial charge on any atom is -0.508 e. The molecule has 0 radical (unpaired) electrons. The SMILES string of the molecule is O=C(NCc1cccc(O)c1)c1ccc(C(=O)N[C@@H](CNC(=O)c2ccnc3ccccc23)C(=O)O)c(Cl)c1. The number of pyridine rings is 1. The van der Waals surface area contributed by atoms with Crippen molar-refractivity contribution in [3.05, 3.63) is 106 Å². The summed E-state index contributed by atoms with van der Waals surface area (Å²) in [5, 5.41) is 27.2. The molecule has 0 saturated heterocycles. The third-order valence-electron chi connectivity index (χ3n) is 5.80. The molecule has 11 heteroatoms. The molecule has 1 aromatic heterocycles. The number of hydrogen-bond donors (Lipinski definition) is 5. The number of nitrogens with zero attached hydrogens (tertiary/aromatic N) is 1. The van der Waals surface area contributed by atoms with Gasteiger partial charge in [-0.1, -0.05) is 41.9 Å². The van der Waals surface area contributed by atoms with E-state index < -0.39 is 29.7 Å². The van der Waals surface area contributed by atoms with Crippen LogP contribution in [0.25, 0.3) is 10.9 Å². The molecule has 10 nitrogen and oxygen atoms in total. The molecule has 5 N–H and O–H groups in total. The van der Waals surface area contributed by atoms with Crippen LogP contribution in [-0.2, 0) is 11.3 Å². The van der Waals surface area contributed by atoms with E-state index in [1.165, 1.54) is 42.6 Å². The van der Waals surface area contributed by atoms with Gasteiger partial charge >= 0.3 is 5.97 Å². The third kappa shape index (κ3) is 6.68. The Kier molecular flexibility index (Phi) is 8.37. The van der Waals surface area contributed by atoms with E-state index in [1.54, 1.807) is 36.4 Å². The lowest BCUT2D eigenvalue weighted by molar-refractivity contribution is -0.139. The van der Waals surface area contributed by atoms with Crippen molar-refractivity contribution in [2.24, 2.45) is 0 Å². The number of halogens is 1. The second kappa shape index (κ2) is 12.1. The van der Waals surface area contributed by atoms with Crippen LogP contribution in [0.15, 0.2) is 79.0 Å². The van der Waals surface area contributed by atoms with Crippen molar-refractivity contribution in [2.75, 3.05) is 6.54 Å². The predicted molar refractivity (Wildman–Crippen MR) is 144 cm³/mol. The van der Waals surface area contributed by atoms with Crippen LogP contribution in [-0.4, -0.2) is 51.5 Å².